The van der Waals surface area contributed by atoms with Gasteiger partial charge >= 0.3 is 6.18 Å². The number of nitriles is 1. The van der Waals surface area contributed by atoms with Gasteiger partial charge in [0.05, 0.1) is 23.6 Å². The molecule has 0 saturated heterocycles. The third-order valence-corrected chi connectivity index (χ3v) is 3.41. The second kappa shape index (κ2) is 6.71. The van der Waals surface area contributed by atoms with Crippen LogP contribution < -0.4 is 0 Å². The van der Waals surface area contributed by atoms with Gasteiger partial charge in [-0.15, -0.1) is 0 Å². The number of hydrogen-bond acceptors (Lipinski definition) is 1. The molecular formula is C15H2F11N. The molecule has 1 nitrogen and oxygen atoms in total. The molecule has 0 radical (unpaired) electrons. The summed E-state index contributed by atoms with van der Waals surface area (Å²) in [4.78, 5) is 0. The van der Waals surface area contributed by atoms with E-state index in [1.807, 2.05) is 0 Å². The molecule has 0 aromatic heterocycles. The summed E-state index contributed by atoms with van der Waals surface area (Å²) >= 11 is 0. The first kappa shape index (κ1) is 20.5. The van der Waals surface area contributed by atoms with Gasteiger partial charge in [0.25, 0.3) is 0 Å². The fraction of sp³-hybridized carbons (Fsp3) is 0.133. The lowest BCUT2D eigenvalue weighted by Crippen LogP contribution is -2.17. The van der Waals surface area contributed by atoms with Crippen molar-refractivity contribution in [1.29, 1.82) is 5.26 Å². The van der Waals surface area contributed by atoms with E-state index in [2.05, 4.69) is 0 Å². The number of benzene rings is 2. The fourth-order valence-corrected chi connectivity index (χ4v) is 2.24. The third kappa shape index (κ3) is 3.07. The summed E-state index contributed by atoms with van der Waals surface area (Å²) in [7, 11) is 0. The van der Waals surface area contributed by atoms with Crippen LogP contribution in [0.25, 0.3) is 11.1 Å². The van der Waals surface area contributed by atoms with Crippen LogP contribution in [-0.4, -0.2) is 0 Å². The molecule has 0 atom stereocenters. The minimum atomic E-state index is -5.93. The maximum atomic E-state index is 14.2. The van der Waals surface area contributed by atoms with E-state index in [1.54, 1.807) is 0 Å². The van der Waals surface area contributed by atoms with Gasteiger partial charge in [0.1, 0.15) is 11.4 Å². The number of hydrogen-bond donors (Lipinski definition) is 0. The van der Waals surface area contributed by atoms with Crippen molar-refractivity contribution in [1.82, 2.24) is 0 Å². The molecular weight excluding hydrogens is 403 g/mol. The number of rotatable bonds is 2. The molecule has 0 aliphatic heterocycles. The van der Waals surface area contributed by atoms with Gasteiger partial charge in [0.2, 0.25) is 0 Å². The van der Waals surface area contributed by atoms with Gasteiger partial charge in [-0.2, -0.15) is 18.4 Å². The highest BCUT2D eigenvalue weighted by Gasteiger charge is 2.43. The number of alkyl halides is 3. The van der Waals surface area contributed by atoms with E-state index in [-0.39, 0.29) is 0 Å². The number of nitrogens with zero attached hydrogens (tertiary/aromatic N) is 1. The monoisotopic (exact) mass is 405 g/mol. The second-order valence-electron chi connectivity index (χ2n) is 4.95. The summed E-state index contributed by atoms with van der Waals surface area (Å²) in [6.45, 7) is 0. The molecule has 12 heteroatoms. The largest absolute Gasteiger partial charge is 0.422 e. The Bertz CT molecular complexity index is 956. The van der Waals surface area contributed by atoms with E-state index in [4.69, 9.17) is 5.26 Å². The van der Waals surface area contributed by atoms with E-state index in [0.717, 1.165) is 6.07 Å². The van der Waals surface area contributed by atoms with Crippen molar-refractivity contribution >= 4 is 0 Å². The minimum Gasteiger partial charge on any atom is -0.206 e. The first-order chi connectivity index (χ1) is 12.4. The maximum Gasteiger partial charge on any atom is 0.422 e. The average molecular weight is 405 g/mol. The minimum absolute atomic E-state index is 1.12. The standard InChI is InChI=1S/C15H2F11N/c16-7-3(1-2-27)8(17)14(23)11(20)4(7)5-9(18)12(21)6(15(24,25)26)13(22)10(5)19/h1H2. The summed E-state index contributed by atoms with van der Waals surface area (Å²) in [6, 6.07) is 1.12. The Hall–Kier alpha value is -2.84. The van der Waals surface area contributed by atoms with Crippen LogP contribution >= 0.6 is 0 Å². The summed E-state index contributed by atoms with van der Waals surface area (Å²) in [5.74, 6) is -21.7. The molecule has 0 aliphatic rings. The second-order valence-corrected chi connectivity index (χ2v) is 4.95. The molecule has 0 bridgehead atoms. The first-order valence-corrected chi connectivity index (χ1v) is 6.51. The highest BCUT2D eigenvalue weighted by Crippen LogP contribution is 2.42. The van der Waals surface area contributed by atoms with Crippen LogP contribution in [0, 0.1) is 57.9 Å². The molecule has 0 spiro atoms. The van der Waals surface area contributed by atoms with Crippen LogP contribution in [0.15, 0.2) is 0 Å². The van der Waals surface area contributed by atoms with Crippen molar-refractivity contribution in [2.75, 3.05) is 0 Å². The lowest BCUT2D eigenvalue weighted by molar-refractivity contribution is -0.143. The predicted octanol–water partition coefficient (Wildman–Crippen LogP) is 5.55. The molecule has 27 heavy (non-hydrogen) atoms. The van der Waals surface area contributed by atoms with E-state index < -0.39 is 81.4 Å². The molecule has 0 saturated carbocycles. The number of halogens is 11. The Morgan fingerprint density at radius 1 is 0.593 bits per heavy atom. The summed E-state index contributed by atoms with van der Waals surface area (Å²) in [5.41, 5.74) is -9.15. The van der Waals surface area contributed by atoms with Crippen LogP contribution in [0.4, 0.5) is 48.3 Å². The van der Waals surface area contributed by atoms with E-state index in [0.29, 0.717) is 0 Å². The van der Waals surface area contributed by atoms with Crippen molar-refractivity contribution in [3.05, 3.63) is 57.7 Å². The van der Waals surface area contributed by atoms with Crippen LogP contribution in [0.2, 0.25) is 0 Å². The van der Waals surface area contributed by atoms with E-state index >= 15 is 0 Å². The zero-order valence-corrected chi connectivity index (χ0v) is 12.3. The van der Waals surface area contributed by atoms with Crippen molar-refractivity contribution < 1.29 is 48.3 Å². The Kier molecular flexibility index (Phi) is 5.09. The molecule has 0 fully saturated rings. The molecule has 2 rings (SSSR count). The Labute approximate surface area is 142 Å². The van der Waals surface area contributed by atoms with Gasteiger partial charge in [0.15, 0.2) is 40.7 Å². The van der Waals surface area contributed by atoms with E-state index in [1.165, 1.54) is 0 Å². The van der Waals surface area contributed by atoms with Crippen molar-refractivity contribution in [3.63, 3.8) is 0 Å². The van der Waals surface area contributed by atoms with Gasteiger partial charge in [-0.25, -0.2) is 35.1 Å². The molecule has 0 amide bonds. The van der Waals surface area contributed by atoms with Gasteiger partial charge in [-0.3, -0.25) is 0 Å². The van der Waals surface area contributed by atoms with Gasteiger partial charge in [0, 0.05) is 5.56 Å². The predicted molar refractivity (Wildman–Crippen MR) is 65.9 cm³/mol. The Morgan fingerprint density at radius 2 is 1.00 bits per heavy atom. The lowest BCUT2D eigenvalue weighted by Gasteiger charge is -2.16. The zero-order valence-electron chi connectivity index (χ0n) is 12.3. The highest BCUT2D eigenvalue weighted by molar-refractivity contribution is 5.69. The molecule has 2 aromatic rings. The summed E-state index contributed by atoms with van der Waals surface area (Å²) < 4.78 is 148. The smallest absolute Gasteiger partial charge is 0.206 e. The zero-order chi connectivity index (χ0) is 20.8. The molecule has 144 valence electrons. The maximum absolute atomic E-state index is 14.2. The summed E-state index contributed by atoms with van der Waals surface area (Å²) in [5, 5.41) is 8.42. The highest BCUT2D eigenvalue weighted by atomic mass is 19.4. The summed E-state index contributed by atoms with van der Waals surface area (Å²) in [6.07, 6.45) is -7.22. The van der Waals surface area contributed by atoms with Crippen LogP contribution in [0.5, 0.6) is 0 Å². The Morgan fingerprint density at radius 3 is 1.41 bits per heavy atom. The molecule has 0 heterocycles. The average Bonchev–Trinajstić information content (AvgIpc) is 2.57. The quantitative estimate of drug-likeness (QED) is 0.365. The Balaban J connectivity index is 3.04. The lowest BCUT2D eigenvalue weighted by atomic mass is 9.96. The van der Waals surface area contributed by atoms with Crippen LogP contribution in [-0.2, 0) is 12.6 Å². The SMILES string of the molecule is N#CCc1c(F)c(F)c(F)c(-c2c(F)c(F)c(C(F)(F)F)c(F)c2F)c1F. The van der Waals surface area contributed by atoms with Crippen LogP contribution in [0.3, 0.4) is 0 Å². The first-order valence-electron chi connectivity index (χ1n) is 6.51. The topological polar surface area (TPSA) is 23.8 Å². The molecule has 2 aromatic carbocycles. The van der Waals surface area contributed by atoms with Crippen molar-refractivity contribution in [2.24, 2.45) is 0 Å². The normalized spacial score (nSPS) is 11.6. The van der Waals surface area contributed by atoms with Crippen LogP contribution in [0.1, 0.15) is 11.1 Å². The third-order valence-electron chi connectivity index (χ3n) is 3.41. The molecule has 0 aliphatic carbocycles. The van der Waals surface area contributed by atoms with Gasteiger partial charge < -0.3 is 0 Å². The van der Waals surface area contributed by atoms with Crippen molar-refractivity contribution in [3.8, 4) is 17.2 Å². The molecule has 0 unspecified atom stereocenters. The fourth-order valence-electron chi connectivity index (χ4n) is 2.24. The van der Waals surface area contributed by atoms with Crippen molar-refractivity contribution in [2.45, 2.75) is 12.6 Å². The van der Waals surface area contributed by atoms with E-state index in [9.17, 15) is 48.3 Å². The van der Waals surface area contributed by atoms with Gasteiger partial charge in [-0.1, -0.05) is 0 Å². The van der Waals surface area contributed by atoms with Gasteiger partial charge in [-0.05, 0) is 0 Å². The molecule has 0 N–H and O–H groups in total.